The van der Waals surface area contributed by atoms with Gasteiger partial charge in [0.2, 0.25) is 5.91 Å². The quantitative estimate of drug-likeness (QED) is 0.222. The highest BCUT2D eigenvalue weighted by Crippen LogP contribution is 2.22. The van der Waals surface area contributed by atoms with Crippen LogP contribution in [0.25, 0.3) is 0 Å². The zero-order valence-corrected chi connectivity index (χ0v) is 21.4. The number of carbonyl (C=O) groups excluding carboxylic acids is 2. The van der Waals surface area contributed by atoms with Gasteiger partial charge in [0.15, 0.2) is 0 Å². The Hall–Kier alpha value is -1.56. The first kappa shape index (κ1) is 33.6. The van der Waals surface area contributed by atoms with Crippen molar-refractivity contribution in [3.8, 4) is 11.5 Å². The first-order valence-electron chi connectivity index (χ1n) is 9.41. The van der Waals surface area contributed by atoms with Gasteiger partial charge in [-0.2, -0.15) is 0 Å². The van der Waals surface area contributed by atoms with E-state index in [1.165, 1.54) is 0 Å². The van der Waals surface area contributed by atoms with Crippen molar-refractivity contribution in [2.24, 2.45) is 0 Å². The minimum Gasteiger partial charge on any atom is -0.507 e. The van der Waals surface area contributed by atoms with Crippen molar-refractivity contribution in [2.45, 2.75) is 74.0 Å². The Balaban J connectivity index is -0.000000961. The minimum atomic E-state index is -0.836. The highest BCUT2D eigenvalue weighted by Gasteiger charge is 2.27. The molecule has 0 spiro atoms. The fraction of sp³-hybridized carbons (Fsp3) is 0.440. The van der Waals surface area contributed by atoms with Crippen LogP contribution in [0.3, 0.4) is 0 Å². The molecule has 0 saturated heterocycles. The van der Waals surface area contributed by atoms with Crippen molar-refractivity contribution in [3.63, 3.8) is 0 Å². The van der Waals surface area contributed by atoms with Crippen LogP contribution in [0.5, 0.6) is 11.5 Å². The van der Waals surface area contributed by atoms with E-state index < -0.39 is 17.6 Å². The number of hydrogen-bond donors (Lipinski definition) is 3. The molecule has 0 bridgehead atoms. The summed E-state index contributed by atoms with van der Waals surface area (Å²) in [5.41, 5.74) is 1.06. The molecule has 2 rings (SSSR count). The molecule has 0 heterocycles. The highest BCUT2D eigenvalue weighted by molar-refractivity contribution is 14.1. The average molecular weight is 689 g/mol. The van der Waals surface area contributed by atoms with Gasteiger partial charge in [0, 0.05) is 15.7 Å². The molecule has 0 radical (unpaired) electrons. The molecule has 8 heteroatoms. The Morgan fingerprint density at radius 3 is 1.94 bits per heavy atom. The summed E-state index contributed by atoms with van der Waals surface area (Å²) in [7, 11) is 0. The number of hydrogen-bond acceptors (Lipinski definition) is 5. The first-order valence-corrected chi connectivity index (χ1v) is 11.6. The summed E-state index contributed by atoms with van der Waals surface area (Å²) in [6.07, 6.45) is 0.946. The predicted molar refractivity (Wildman–Crippen MR) is 156 cm³/mol. The smallest absolute Gasteiger partial charge is 0.329 e. The van der Waals surface area contributed by atoms with Gasteiger partial charge >= 0.3 is 5.97 Å². The van der Waals surface area contributed by atoms with Crippen LogP contribution >= 0.6 is 45.2 Å². The second kappa shape index (κ2) is 14.6. The van der Waals surface area contributed by atoms with Crippen LogP contribution < -0.4 is 5.32 Å². The van der Waals surface area contributed by atoms with Gasteiger partial charge in [0.25, 0.3) is 0 Å². The van der Waals surface area contributed by atoms with Gasteiger partial charge in [0.1, 0.15) is 23.1 Å². The maximum atomic E-state index is 12.7. The zero-order chi connectivity index (χ0) is 22.5. The number of ether oxygens (including phenoxy) is 1. The largest absolute Gasteiger partial charge is 0.507 e. The molecule has 2 aromatic rings. The fourth-order valence-corrected chi connectivity index (χ4v) is 3.87. The van der Waals surface area contributed by atoms with Crippen molar-refractivity contribution in [2.75, 3.05) is 0 Å². The first-order chi connectivity index (χ1) is 13.9. The maximum absolute atomic E-state index is 12.7. The van der Waals surface area contributed by atoms with E-state index in [0.717, 1.165) is 14.7 Å². The number of amides is 1. The number of phenols is 2. The minimum absolute atomic E-state index is 0. The lowest BCUT2D eigenvalue weighted by atomic mass is 10.0. The Kier molecular flexibility index (Phi) is 14.9. The number of halogens is 2. The number of benzene rings is 2. The topological polar surface area (TPSA) is 95.9 Å². The van der Waals surface area contributed by atoms with Crippen molar-refractivity contribution in [3.05, 3.63) is 54.7 Å². The molecule has 33 heavy (non-hydrogen) atoms. The molecule has 0 aliphatic rings. The normalized spacial score (nSPS) is 11.2. The summed E-state index contributed by atoms with van der Waals surface area (Å²) in [6, 6.07) is 9.43. The van der Waals surface area contributed by atoms with E-state index in [1.807, 2.05) is 51.2 Å². The second-order valence-electron chi connectivity index (χ2n) is 7.93. The van der Waals surface area contributed by atoms with Gasteiger partial charge in [-0.25, -0.2) is 4.79 Å². The van der Waals surface area contributed by atoms with Gasteiger partial charge in [-0.05, 0) is 108 Å². The van der Waals surface area contributed by atoms with Crippen molar-refractivity contribution in [1.29, 1.82) is 0 Å². The third-order valence-corrected chi connectivity index (χ3v) is 5.86. The summed E-state index contributed by atoms with van der Waals surface area (Å²) in [6.45, 7) is 5.33. The summed E-state index contributed by atoms with van der Waals surface area (Å²) in [5.74, 6) is -0.390. The molecular formula is C25H41I2NO5. The molecule has 0 aliphatic carbocycles. The zero-order valence-electron chi connectivity index (χ0n) is 17.0. The molecule has 0 aromatic heterocycles. The van der Waals surface area contributed by atoms with Crippen LogP contribution in [0.1, 0.15) is 63.5 Å². The van der Waals surface area contributed by atoms with Crippen LogP contribution in [-0.2, 0) is 27.2 Å². The SMILES string of the molecule is C.C.C.CC(C)(C)OC(=O)C(Cc1ccc(O)c(I)c1)NC(=O)CCc1ccc(O)c(I)c1.[HH].[HH]. The van der Waals surface area contributed by atoms with E-state index in [0.29, 0.717) is 9.99 Å². The van der Waals surface area contributed by atoms with Crippen molar-refractivity contribution in [1.82, 2.24) is 5.32 Å². The van der Waals surface area contributed by atoms with Crippen LogP contribution in [0.2, 0.25) is 0 Å². The molecule has 1 amide bonds. The van der Waals surface area contributed by atoms with Gasteiger partial charge in [-0.1, -0.05) is 34.4 Å². The molecule has 0 saturated carbocycles. The molecule has 0 fully saturated rings. The fourth-order valence-electron chi connectivity index (χ4n) is 2.71. The van der Waals surface area contributed by atoms with E-state index in [9.17, 15) is 19.8 Å². The number of esters is 1. The van der Waals surface area contributed by atoms with Crippen LogP contribution in [0.4, 0.5) is 0 Å². The van der Waals surface area contributed by atoms with E-state index in [4.69, 9.17) is 4.74 Å². The Bertz CT molecular complexity index is 937. The summed E-state index contributed by atoms with van der Waals surface area (Å²) < 4.78 is 6.87. The number of aryl methyl sites for hydroxylation is 1. The number of phenolic OH excluding ortho intramolecular Hbond substituents is 2. The van der Waals surface area contributed by atoms with E-state index >= 15 is 0 Å². The lowest BCUT2D eigenvalue weighted by molar-refractivity contribution is -0.158. The number of nitrogens with one attached hydrogen (secondary N) is 1. The van der Waals surface area contributed by atoms with Crippen molar-refractivity contribution >= 4 is 57.1 Å². The number of rotatable bonds is 7. The summed E-state index contributed by atoms with van der Waals surface area (Å²) in [4.78, 5) is 25.2. The molecule has 2 aromatic carbocycles. The molecule has 6 nitrogen and oxygen atoms in total. The highest BCUT2D eigenvalue weighted by atomic mass is 127. The van der Waals surface area contributed by atoms with Crippen molar-refractivity contribution < 1.29 is 27.4 Å². The standard InChI is InChI=1S/C22H25I2NO5.3CH4.2H2/c1-22(2,3)30-21(29)17(12-14-5-8-19(27)16(24)11-14)25-20(28)9-6-13-4-7-18(26)15(23)10-13;;;;;/h4-5,7-8,10-11,17,26-27H,6,9,12H2,1-3H3,(H,25,28);3*1H4;2*1H. The third kappa shape index (κ3) is 11.4. The van der Waals surface area contributed by atoms with Crippen LogP contribution in [0, 0.1) is 7.14 Å². The average Bonchev–Trinajstić information content (AvgIpc) is 2.63. The summed E-state index contributed by atoms with van der Waals surface area (Å²) >= 11 is 4.05. The lowest BCUT2D eigenvalue weighted by Crippen LogP contribution is -2.45. The van der Waals surface area contributed by atoms with Crippen LogP contribution in [0.15, 0.2) is 36.4 Å². The van der Waals surface area contributed by atoms with Crippen LogP contribution in [-0.4, -0.2) is 33.7 Å². The molecule has 1 atom stereocenters. The van der Waals surface area contributed by atoms with Gasteiger partial charge < -0.3 is 20.3 Å². The predicted octanol–water partition coefficient (Wildman–Crippen LogP) is 6.71. The number of carbonyl (C=O) groups is 2. The van der Waals surface area contributed by atoms with E-state index in [2.05, 4.69) is 5.32 Å². The molecule has 1 unspecified atom stereocenters. The Morgan fingerprint density at radius 2 is 1.45 bits per heavy atom. The third-order valence-electron chi connectivity index (χ3n) is 4.13. The van der Waals surface area contributed by atoms with E-state index in [1.54, 1.807) is 51.1 Å². The number of aromatic hydroxyl groups is 2. The summed E-state index contributed by atoms with van der Waals surface area (Å²) in [5, 5.41) is 22.1. The Morgan fingerprint density at radius 1 is 0.970 bits per heavy atom. The second-order valence-corrected chi connectivity index (χ2v) is 10.3. The molecule has 0 aliphatic heterocycles. The Labute approximate surface area is 228 Å². The molecule has 3 N–H and O–H groups in total. The molecule has 190 valence electrons. The lowest BCUT2D eigenvalue weighted by Gasteiger charge is -2.25. The van der Waals surface area contributed by atoms with Gasteiger partial charge in [-0.15, -0.1) is 0 Å². The maximum Gasteiger partial charge on any atom is 0.329 e. The van der Waals surface area contributed by atoms with E-state index in [-0.39, 0.29) is 55.4 Å². The molecular weight excluding hydrogens is 648 g/mol. The van der Waals surface area contributed by atoms with Gasteiger partial charge in [-0.3, -0.25) is 4.79 Å². The monoisotopic (exact) mass is 689 g/mol. The van der Waals surface area contributed by atoms with Gasteiger partial charge in [0.05, 0.1) is 7.14 Å².